The van der Waals surface area contributed by atoms with Gasteiger partial charge in [-0.05, 0) is 36.4 Å². The Bertz CT molecular complexity index is 649. The van der Waals surface area contributed by atoms with Crippen molar-refractivity contribution in [2.45, 2.75) is 6.42 Å². The highest BCUT2D eigenvalue weighted by Crippen LogP contribution is 2.21. The number of nitrogen functional groups attached to an aromatic ring is 1. The van der Waals surface area contributed by atoms with Crippen LogP contribution in [0, 0.1) is 5.82 Å². The summed E-state index contributed by atoms with van der Waals surface area (Å²) in [5.41, 5.74) is 6.81. The van der Waals surface area contributed by atoms with Gasteiger partial charge in [0.05, 0.1) is 13.0 Å². The second-order valence-corrected chi connectivity index (χ2v) is 5.26. The first kappa shape index (κ1) is 15.3. The molecule has 0 aromatic heterocycles. The lowest BCUT2D eigenvalue weighted by Crippen LogP contribution is -2.15. The van der Waals surface area contributed by atoms with Gasteiger partial charge in [-0.15, -0.1) is 0 Å². The minimum atomic E-state index is -0.472. The van der Waals surface area contributed by atoms with E-state index >= 15 is 0 Å². The zero-order valence-corrected chi connectivity index (χ0v) is 12.7. The van der Waals surface area contributed by atoms with Crippen LogP contribution in [0.25, 0.3) is 0 Å². The zero-order valence-electron chi connectivity index (χ0n) is 11.1. The lowest BCUT2D eigenvalue weighted by Gasteiger charge is -2.08. The first-order chi connectivity index (χ1) is 10.0. The molecule has 0 saturated heterocycles. The number of anilines is 2. The van der Waals surface area contributed by atoms with Gasteiger partial charge in [0.25, 0.3) is 0 Å². The SMILES string of the molecule is Nc1cccc(NC(=O)CCOc2ccc(Br)cc2F)c1. The maximum absolute atomic E-state index is 13.5. The molecular formula is C15H14BrFN2O2. The van der Waals surface area contributed by atoms with Crippen molar-refractivity contribution in [2.75, 3.05) is 17.7 Å². The van der Waals surface area contributed by atoms with Gasteiger partial charge in [0.15, 0.2) is 11.6 Å². The average Bonchev–Trinajstić information content (AvgIpc) is 2.41. The molecule has 4 nitrogen and oxygen atoms in total. The lowest BCUT2D eigenvalue weighted by atomic mass is 10.2. The molecule has 2 aromatic rings. The lowest BCUT2D eigenvalue weighted by molar-refractivity contribution is -0.116. The third-order valence-electron chi connectivity index (χ3n) is 2.65. The van der Waals surface area contributed by atoms with Crippen molar-refractivity contribution in [2.24, 2.45) is 0 Å². The van der Waals surface area contributed by atoms with Crippen LogP contribution < -0.4 is 15.8 Å². The van der Waals surface area contributed by atoms with Crippen molar-refractivity contribution >= 4 is 33.2 Å². The number of carbonyl (C=O) groups excluding carboxylic acids is 1. The van der Waals surface area contributed by atoms with Crippen LogP contribution in [0.4, 0.5) is 15.8 Å². The maximum atomic E-state index is 13.5. The molecule has 0 aliphatic rings. The quantitative estimate of drug-likeness (QED) is 0.808. The van der Waals surface area contributed by atoms with Crippen LogP contribution in [0.2, 0.25) is 0 Å². The molecular weight excluding hydrogens is 339 g/mol. The summed E-state index contributed by atoms with van der Waals surface area (Å²) < 4.78 is 19.4. The van der Waals surface area contributed by atoms with Gasteiger partial charge in [0, 0.05) is 15.8 Å². The molecule has 1 amide bonds. The maximum Gasteiger partial charge on any atom is 0.227 e. The summed E-state index contributed by atoms with van der Waals surface area (Å²) in [5.74, 6) is -0.575. The van der Waals surface area contributed by atoms with Gasteiger partial charge in [-0.1, -0.05) is 22.0 Å². The van der Waals surface area contributed by atoms with E-state index in [0.29, 0.717) is 15.8 Å². The topological polar surface area (TPSA) is 64.3 Å². The summed E-state index contributed by atoms with van der Waals surface area (Å²) in [6.45, 7) is 0.0900. The van der Waals surface area contributed by atoms with Gasteiger partial charge < -0.3 is 15.8 Å². The fraction of sp³-hybridized carbons (Fsp3) is 0.133. The standard InChI is InChI=1S/C15H14BrFN2O2/c16-10-4-5-14(13(17)8-10)21-7-6-15(20)19-12-3-1-2-11(18)9-12/h1-5,8-9H,6-7,18H2,(H,19,20). The van der Waals surface area contributed by atoms with Crippen molar-refractivity contribution in [1.82, 2.24) is 0 Å². The molecule has 0 atom stereocenters. The second kappa shape index (κ2) is 7.08. The minimum Gasteiger partial charge on any atom is -0.490 e. The Morgan fingerprint density at radius 2 is 2.10 bits per heavy atom. The molecule has 21 heavy (non-hydrogen) atoms. The number of hydrogen-bond donors (Lipinski definition) is 2. The number of hydrogen-bond acceptors (Lipinski definition) is 3. The number of nitrogens with one attached hydrogen (secondary N) is 1. The molecule has 0 saturated carbocycles. The molecule has 2 aromatic carbocycles. The van der Waals surface area contributed by atoms with Gasteiger partial charge in [-0.3, -0.25) is 4.79 Å². The van der Waals surface area contributed by atoms with Gasteiger partial charge in [0.2, 0.25) is 5.91 Å². The summed E-state index contributed by atoms with van der Waals surface area (Å²) in [7, 11) is 0. The van der Waals surface area contributed by atoms with Crippen LogP contribution in [-0.2, 0) is 4.79 Å². The third-order valence-corrected chi connectivity index (χ3v) is 3.14. The van der Waals surface area contributed by atoms with Crippen LogP contribution in [0.15, 0.2) is 46.9 Å². The Morgan fingerprint density at radius 3 is 2.81 bits per heavy atom. The highest BCUT2D eigenvalue weighted by atomic mass is 79.9. The van der Waals surface area contributed by atoms with Crippen molar-refractivity contribution in [3.8, 4) is 5.75 Å². The van der Waals surface area contributed by atoms with E-state index in [-0.39, 0.29) is 24.7 Å². The fourth-order valence-electron chi connectivity index (χ4n) is 1.69. The molecule has 2 rings (SSSR count). The van der Waals surface area contributed by atoms with E-state index in [2.05, 4.69) is 21.2 Å². The van der Waals surface area contributed by atoms with Gasteiger partial charge in [-0.25, -0.2) is 4.39 Å². The molecule has 0 radical (unpaired) electrons. The van der Waals surface area contributed by atoms with E-state index in [1.54, 1.807) is 30.3 Å². The Hall–Kier alpha value is -2.08. The Morgan fingerprint density at radius 1 is 1.29 bits per heavy atom. The molecule has 0 aliphatic carbocycles. The number of nitrogens with two attached hydrogens (primary N) is 1. The van der Waals surface area contributed by atoms with E-state index in [1.165, 1.54) is 12.1 Å². The number of ether oxygens (including phenoxy) is 1. The Kier molecular flexibility index (Phi) is 5.16. The van der Waals surface area contributed by atoms with Crippen LogP contribution >= 0.6 is 15.9 Å². The van der Waals surface area contributed by atoms with E-state index in [1.807, 2.05) is 0 Å². The Labute approximate surface area is 130 Å². The highest BCUT2D eigenvalue weighted by molar-refractivity contribution is 9.10. The number of carbonyl (C=O) groups is 1. The zero-order chi connectivity index (χ0) is 15.2. The van der Waals surface area contributed by atoms with E-state index in [4.69, 9.17) is 10.5 Å². The van der Waals surface area contributed by atoms with Crippen molar-refractivity contribution in [1.29, 1.82) is 0 Å². The average molecular weight is 353 g/mol. The van der Waals surface area contributed by atoms with Crippen LogP contribution in [-0.4, -0.2) is 12.5 Å². The smallest absolute Gasteiger partial charge is 0.227 e. The van der Waals surface area contributed by atoms with Gasteiger partial charge >= 0.3 is 0 Å². The van der Waals surface area contributed by atoms with Crippen molar-refractivity contribution in [3.63, 3.8) is 0 Å². The molecule has 110 valence electrons. The van der Waals surface area contributed by atoms with Crippen molar-refractivity contribution < 1.29 is 13.9 Å². The first-order valence-corrected chi connectivity index (χ1v) is 7.07. The summed E-state index contributed by atoms with van der Waals surface area (Å²) in [6.07, 6.45) is 0.115. The molecule has 6 heteroatoms. The van der Waals surface area contributed by atoms with Gasteiger partial charge in [-0.2, -0.15) is 0 Å². The van der Waals surface area contributed by atoms with E-state index in [9.17, 15) is 9.18 Å². The second-order valence-electron chi connectivity index (χ2n) is 4.35. The minimum absolute atomic E-state index is 0.0900. The summed E-state index contributed by atoms with van der Waals surface area (Å²) in [6, 6.07) is 11.4. The Balaban J connectivity index is 1.81. The highest BCUT2D eigenvalue weighted by Gasteiger charge is 2.06. The molecule has 0 fully saturated rings. The summed E-state index contributed by atoms with van der Waals surface area (Å²) >= 11 is 3.16. The number of rotatable bonds is 5. The molecule has 0 unspecified atom stereocenters. The first-order valence-electron chi connectivity index (χ1n) is 6.28. The number of halogens is 2. The fourth-order valence-corrected chi connectivity index (χ4v) is 2.02. The molecule has 3 N–H and O–H groups in total. The molecule has 0 heterocycles. The van der Waals surface area contributed by atoms with Crippen molar-refractivity contribution in [3.05, 3.63) is 52.8 Å². The molecule has 0 aliphatic heterocycles. The largest absolute Gasteiger partial charge is 0.490 e. The van der Waals surface area contributed by atoms with Crippen LogP contribution in [0.1, 0.15) is 6.42 Å². The molecule has 0 bridgehead atoms. The predicted octanol–water partition coefficient (Wildman–Crippen LogP) is 3.58. The van der Waals surface area contributed by atoms with Crippen LogP contribution in [0.5, 0.6) is 5.75 Å². The monoisotopic (exact) mass is 352 g/mol. The molecule has 0 spiro atoms. The third kappa shape index (κ3) is 4.75. The number of amides is 1. The number of benzene rings is 2. The normalized spacial score (nSPS) is 10.2. The van der Waals surface area contributed by atoms with E-state index < -0.39 is 5.82 Å². The predicted molar refractivity (Wildman–Crippen MR) is 83.7 cm³/mol. The van der Waals surface area contributed by atoms with Gasteiger partial charge in [0.1, 0.15) is 0 Å². The van der Waals surface area contributed by atoms with Crippen LogP contribution in [0.3, 0.4) is 0 Å². The summed E-state index contributed by atoms with van der Waals surface area (Å²) in [5, 5.41) is 2.69. The summed E-state index contributed by atoms with van der Waals surface area (Å²) in [4.78, 5) is 11.7. The van der Waals surface area contributed by atoms with E-state index in [0.717, 1.165) is 0 Å².